The minimum absolute atomic E-state index is 0.0711. The maximum Gasteiger partial charge on any atom is 0.237 e. The van der Waals surface area contributed by atoms with E-state index in [1.807, 2.05) is 44.2 Å². The van der Waals surface area contributed by atoms with Crippen LogP contribution in [0.4, 0.5) is 0 Å². The minimum Gasteiger partial charge on any atom is -0.394 e. The van der Waals surface area contributed by atoms with E-state index in [4.69, 9.17) is 21.1 Å². The van der Waals surface area contributed by atoms with Gasteiger partial charge in [-0.3, -0.25) is 4.79 Å². The molecule has 0 heterocycles. The number of rotatable bonds is 7. The van der Waals surface area contributed by atoms with Crippen LogP contribution in [0.2, 0.25) is 0 Å². The molecule has 0 aliphatic heterocycles. The van der Waals surface area contributed by atoms with Crippen molar-refractivity contribution >= 4 is 5.91 Å². The first-order valence-corrected chi connectivity index (χ1v) is 7.43. The Balaban J connectivity index is 0.000000626. The fourth-order valence-electron chi connectivity index (χ4n) is 1.47. The van der Waals surface area contributed by atoms with Crippen molar-refractivity contribution in [3.8, 4) is 0 Å². The van der Waals surface area contributed by atoms with E-state index in [1.165, 1.54) is 0 Å². The summed E-state index contributed by atoms with van der Waals surface area (Å²) < 4.78 is 0. The Morgan fingerprint density at radius 2 is 1.77 bits per heavy atom. The highest BCUT2D eigenvalue weighted by molar-refractivity contribution is 5.81. The number of carbonyl (C=O) groups excluding carboxylic acids is 1. The number of hydrogen-bond acceptors (Lipinski definition) is 5. The molecule has 2 atom stereocenters. The lowest BCUT2D eigenvalue weighted by molar-refractivity contribution is -0.123. The Morgan fingerprint density at radius 1 is 1.23 bits per heavy atom. The van der Waals surface area contributed by atoms with Crippen molar-refractivity contribution in [2.45, 2.75) is 39.0 Å². The van der Waals surface area contributed by atoms with Gasteiger partial charge in [0.1, 0.15) is 6.10 Å². The largest absolute Gasteiger partial charge is 0.394 e. The number of amides is 1. The third kappa shape index (κ3) is 8.74. The number of carbonyl (C=O) groups is 1. The molecule has 0 spiro atoms. The van der Waals surface area contributed by atoms with Gasteiger partial charge in [0, 0.05) is 6.54 Å². The van der Waals surface area contributed by atoms with Gasteiger partial charge >= 0.3 is 0 Å². The molecule has 0 fully saturated rings. The van der Waals surface area contributed by atoms with Crippen LogP contribution in [-0.2, 0) is 11.3 Å². The highest BCUT2D eigenvalue weighted by Gasteiger charge is 2.18. The Labute approximate surface area is 132 Å². The highest BCUT2D eigenvalue weighted by atomic mass is 16.3. The van der Waals surface area contributed by atoms with Crippen LogP contribution in [0.5, 0.6) is 0 Å². The molecule has 6 heteroatoms. The lowest BCUT2D eigenvalue weighted by atomic mass is 9.99. The number of aliphatic hydroxyl groups excluding tert-OH is 3. The normalized spacial score (nSPS) is 13.0. The number of benzene rings is 1. The molecule has 6 nitrogen and oxygen atoms in total. The van der Waals surface area contributed by atoms with E-state index in [-0.39, 0.29) is 25.0 Å². The van der Waals surface area contributed by atoms with Gasteiger partial charge in [0.15, 0.2) is 0 Å². The predicted octanol–water partition coefficient (Wildman–Crippen LogP) is 0.00810. The summed E-state index contributed by atoms with van der Waals surface area (Å²) in [5, 5.41) is 26.9. The molecule has 0 aromatic heterocycles. The summed E-state index contributed by atoms with van der Waals surface area (Å²) in [4.78, 5) is 11.7. The van der Waals surface area contributed by atoms with Gasteiger partial charge in [0.2, 0.25) is 5.91 Å². The zero-order chi connectivity index (χ0) is 17.0. The smallest absolute Gasteiger partial charge is 0.237 e. The van der Waals surface area contributed by atoms with E-state index < -0.39 is 12.1 Å². The van der Waals surface area contributed by atoms with Crippen LogP contribution in [0, 0.1) is 5.92 Å². The summed E-state index contributed by atoms with van der Waals surface area (Å²) in [5.74, 6) is 0.147. The number of aliphatic hydroxyl groups is 3. The molecule has 22 heavy (non-hydrogen) atoms. The van der Waals surface area contributed by atoms with Gasteiger partial charge in [-0.25, -0.2) is 0 Å². The van der Waals surface area contributed by atoms with Crippen molar-refractivity contribution in [1.82, 2.24) is 5.32 Å². The van der Waals surface area contributed by atoms with Crippen molar-refractivity contribution < 1.29 is 20.1 Å². The van der Waals surface area contributed by atoms with E-state index in [1.54, 1.807) is 0 Å². The van der Waals surface area contributed by atoms with Crippen LogP contribution in [0.3, 0.4) is 0 Å². The second-order valence-corrected chi connectivity index (χ2v) is 5.13. The number of nitrogens with one attached hydrogen (secondary N) is 1. The van der Waals surface area contributed by atoms with Gasteiger partial charge < -0.3 is 26.4 Å². The Kier molecular flexibility index (Phi) is 11.3. The first-order chi connectivity index (χ1) is 10.5. The first kappa shape index (κ1) is 20.5. The fraction of sp³-hybridized carbons (Fsp3) is 0.562. The molecule has 0 aliphatic rings. The van der Waals surface area contributed by atoms with Gasteiger partial charge in [-0.05, 0) is 11.5 Å². The highest BCUT2D eigenvalue weighted by Crippen LogP contribution is 2.05. The van der Waals surface area contributed by atoms with Gasteiger partial charge in [0.05, 0.1) is 19.3 Å². The summed E-state index contributed by atoms with van der Waals surface area (Å²) in [7, 11) is 0. The summed E-state index contributed by atoms with van der Waals surface area (Å²) in [6, 6.07) is 9.42. The summed E-state index contributed by atoms with van der Waals surface area (Å²) >= 11 is 0. The summed E-state index contributed by atoms with van der Waals surface area (Å²) in [6.45, 7) is 3.85. The molecule has 0 saturated carbocycles. The fourth-order valence-corrected chi connectivity index (χ4v) is 1.47. The van der Waals surface area contributed by atoms with Gasteiger partial charge in [-0.2, -0.15) is 0 Å². The molecule has 2 unspecified atom stereocenters. The Morgan fingerprint density at radius 3 is 2.18 bits per heavy atom. The van der Waals surface area contributed by atoms with Crippen molar-refractivity contribution in [1.29, 1.82) is 0 Å². The molecule has 1 amide bonds. The monoisotopic (exact) mass is 312 g/mol. The van der Waals surface area contributed by atoms with Crippen molar-refractivity contribution in [2.75, 3.05) is 13.2 Å². The van der Waals surface area contributed by atoms with Crippen LogP contribution in [-0.4, -0.2) is 46.6 Å². The molecule has 0 bridgehead atoms. The van der Waals surface area contributed by atoms with Crippen LogP contribution in [0.15, 0.2) is 30.3 Å². The first-order valence-electron chi connectivity index (χ1n) is 7.43. The van der Waals surface area contributed by atoms with Crippen molar-refractivity contribution in [3.63, 3.8) is 0 Å². The van der Waals surface area contributed by atoms with Crippen LogP contribution >= 0.6 is 0 Å². The van der Waals surface area contributed by atoms with E-state index in [2.05, 4.69) is 5.32 Å². The third-order valence-corrected chi connectivity index (χ3v) is 3.29. The molecule has 1 aromatic carbocycles. The van der Waals surface area contributed by atoms with Gasteiger partial charge in [0.25, 0.3) is 0 Å². The molecule has 0 aliphatic carbocycles. The van der Waals surface area contributed by atoms with Gasteiger partial charge in [-0.15, -0.1) is 0 Å². The Hall–Kier alpha value is -1.47. The van der Waals surface area contributed by atoms with E-state index >= 15 is 0 Å². The average molecular weight is 312 g/mol. The minimum atomic E-state index is -0.954. The lowest BCUT2D eigenvalue weighted by Gasteiger charge is -2.17. The second kappa shape index (κ2) is 12.1. The van der Waals surface area contributed by atoms with Crippen LogP contribution < -0.4 is 11.1 Å². The van der Waals surface area contributed by atoms with E-state index in [0.717, 1.165) is 12.0 Å². The van der Waals surface area contributed by atoms with Crippen LogP contribution in [0.25, 0.3) is 0 Å². The topological polar surface area (TPSA) is 116 Å². The lowest BCUT2D eigenvalue weighted by Crippen LogP contribution is -2.44. The summed E-state index contributed by atoms with van der Waals surface area (Å²) in [6.07, 6.45) is -0.0371. The zero-order valence-electron chi connectivity index (χ0n) is 13.3. The summed E-state index contributed by atoms with van der Waals surface area (Å²) in [5.41, 5.74) is 6.91. The second-order valence-electron chi connectivity index (χ2n) is 5.13. The molecule has 0 saturated heterocycles. The quantitative estimate of drug-likeness (QED) is 0.486. The van der Waals surface area contributed by atoms with E-state index in [0.29, 0.717) is 6.54 Å². The average Bonchev–Trinajstić information content (AvgIpc) is 2.58. The van der Waals surface area contributed by atoms with Gasteiger partial charge in [-0.1, -0.05) is 50.6 Å². The van der Waals surface area contributed by atoms with E-state index in [9.17, 15) is 4.79 Å². The molecular formula is C16H28N2O4. The number of nitrogens with two attached hydrogens (primary N) is 1. The van der Waals surface area contributed by atoms with Crippen molar-refractivity contribution in [2.24, 2.45) is 11.7 Å². The molecule has 1 rings (SSSR count). The molecule has 1 aromatic rings. The molecular weight excluding hydrogens is 284 g/mol. The zero-order valence-corrected chi connectivity index (χ0v) is 13.3. The number of hydrogen-bond donors (Lipinski definition) is 5. The predicted molar refractivity (Wildman–Crippen MR) is 85.9 cm³/mol. The van der Waals surface area contributed by atoms with Crippen molar-refractivity contribution in [3.05, 3.63) is 35.9 Å². The molecule has 0 radical (unpaired) electrons. The Bertz CT molecular complexity index is 396. The maximum absolute atomic E-state index is 11.7. The van der Waals surface area contributed by atoms with Crippen LogP contribution in [0.1, 0.15) is 25.8 Å². The third-order valence-electron chi connectivity index (χ3n) is 3.29. The molecule has 126 valence electrons. The maximum atomic E-state index is 11.7. The SMILES string of the molecule is CCC(C)C(N)C(=O)NCc1ccccc1.OCC(O)CO. The standard InChI is InChI=1S/C13H20N2O.C3H8O3/c1-3-10(2)12(14)13(16)15-9-11-7-5-4-6-8-11;4-1-3(6)2-5/h4-8,10,12H,3,9,14H2,1-2H3,(H,15,16);3-6H,1-2H2. The molecule has 6 N–H and O–H groups in total.